The average molecular weight is 292 g/mol. The fraction of sp³-hybridized carbons (Fsp3) is 0.500. The zero-order valence-electron chi connectivity index (χ0n) is 13.0. The number of benzene rings is 1. The molecule has 0 heterocycles. The van der Waals surface area contributed by atoms with Crippen LogP contribution in [0.15, 0.2) is 24.3 Å². The average Bonchev–Trinajstić information content (AvgIpc) is 2.51. The molecule has 1 rings (SSSR count). The number of rotatable bonds is 7. The van der Waals surface area contributed by atoms with Crippen molar-refractivity contribution in [2.45, 2.75) is 32.7 Å². The minimum absolute atomic E-state index is 0.0804. The number of ether oxygens (including phenoxy) is 1. The number of hydrogen-bond acceptors (Lipinski definition) is 3. The maximum absolute atomic E-state index is 11.9. The van der Waals surface area contributed by atoms with Crippen molar-refractivity contribution in [2.75, 3.05) is 20.7 Å². The van der Waals surface area contributed by atoms with E-state index < -0.39 is 0 Å². The Balaban J connectivity index is 2.44. The van der Waals surface area contributed by atoms with Crippen molar-refractivity contribution in [2.24, 2.45) is 0 Å². The predicted octanol–water partition coefficient (Wildman–Crippen LogP) is 2.80. The highest BCUT2D eigenvalue weighted by atomic mass is 16.5. The van der Waals surface area contributed by atoms with E-state index in [-0.39, 0.29) is 12.0 Å². The minimum atomic E-state index is -0.358. The Morgan fingerprint density at radius 3 is 2.43 bits per heavy atom. The molecule has 0 atom stereocenters. The fourth-order valence-corrected chi connectivity index (χ4v) is 1.92. The number of methoxy groups -OCH3 is 1. The molecule has 0 aliphatic carbocycles. The van der Waals surface area contributed by atoms with Gasteiger partial charge in [-0.05, 0) is 24.1 Å². The van der Waals surface area contributed by atoms with Gasteiger partial charge in [0.15, 0.2) is 0 Å². The van der Waals surface area contributed by atoms with Gasteiger partial charge >= 0.3 is 12.0 Å². The van der Waals surface area contributed by atoms with Crippen LogP contribution in [0.2, 0.25) is 0 Å². The highest BCUT2D eigenvalue weighted by Gasteiger charge is 2.09. The van der Waals surface area contributed by atoms with Crippen molar-refractivity contribution in [3.8, 4) is 0 Å². The van der Waals surface area contributed by atoms with E-state index in [4.69, 9.17) is 0 Å². The molecular weight excluding hydrogens is 268 g/mol. The maximum atomic E-state index is 11.9. The highest BCUT2D eigenvalue weighted by Crippen LogP contribution is 2.08. The third-order valence-corrected chi connectivity index (χ3v) is 3.20. The van der Waals surface area contributed by atoms with Gasteiger partial charge in [0.25, 0.3) is 0 Å². The lowest BCUT2D eigenvalue weighted by Crippen LogP contribution is -2.37. The van der Waals surface area contributed by atoms with Crippen molar-refractivity contribution in [1.82, 2.24) is 10.2 Å². The lowest BCUT2D eigenvalue weighted by Gasteiger charge is -2.18. The molecule has 1 aromatic rings. The summed E-state index contributed by atoms with van der Waals surface area (Å²) in [6, 6.07) is 6.98. The van der Waals surface area contributed by atoms with Crippen LogP contribution in [-0.2, 0) is 11.3 Å². The molecule has 0 aliphatic heterocycles. The summed E-state index contributed by atoms with van der Waals surface area (Å²) in [5.41, 5.74) is 1.47. The van der Waals surface area contributed by atoms with Gasteiger partial charge in [0.2, 0.25) is 0 Å². The van der Waals surface area contributed by atoms with E-state index in [2.05, 4.69) is 17.0 Å². The van der Waals surface area contributed by atoms with E-state index in [0.29, 0.717) is 18.7 Å². The summed E-state index contributed by atoms with van der Waals surface area (Å²) in [5, 5.41) is 2.89. The Morgan fingerprint density at radius 1 is 1.19 bits per heavy atom. The van der Waals surface area contributed by atoms with Crippen LogP contribution in [-0.4, -0.2) is 37.6 Å². The summed E-state index contributed by atoms with van der Waals surface area (Å²) in [6.07, 6.45) is 3.27. The van der Waals surface area contributed by atoms with Crippen LogP contribution in [0.3, 0.4) is 0 Å². The third-order valence-electron chi connectivity index (χ3n) is 3.20. The Bertz CT molecular complexity index is 457. The number of carbonyl (C=O) groups is 2. The maximum Gasteiger partial charge on any atom is 0.337 e. The van der Waals surface area contributed by atoms with Crippen LogP contribution in [0.5, 0.6) is 0 Å². The van der Waals surface area contributed by atoms with Crippen LogP contribution >= 0.6 is 0 Å². The van der Waals surface area contributed by atoms with E-state index in [0.717, 1.165) is 24.8 Å². The van der Waals surface area contributed by atoms with Gasteiger partial charge in [-0.15, -0.1) is 0 Å². The molecule has 0 saturated heterocycles. The second-order valence-corrected chi connectivity index (χ2v) is 4.98. The first-order chi connectivity index (χ1) is 10.1. The van der Waals surface area contributed by atoms with Gasteiger partial charge in [0, 0.05) is 20.1 Å². The van der Waals surface area contributed by atoms with E-state index in [1.54, 1.807) is 24.1 Å². The standard InChI is InChI=1S/C16H24N2O3/c1-4-5-6-11-17-16(20)18(2)12-13-7-9-14(10-8-13)15(19)21-3/h7-10H,4-6,11-12H2,1-3H3,(H,17,20). The summed E-state index contributed by atoms with van der Waals surface area (Å²) < 4.78 is 4.65. The normalized spacial score (nSPS) is 10.0. The van der Waals surface area contributed by atoms with Crippen molar-refractivity contribution in [1.29, 1.82) is 0 Å². The molecule has 0 aliphatic rings. The molecule has 5 nitrogen and oxygen atoms in total. The molecule has 0 unspecified atom stereocenters. The molecule has 0 bridgehead atoms. The number of carbonyl (C=O) groups excluding carboxylic acids is 2. The third kappa shape index (κ3) is 5.85. The summed E-state index contributed by atoms with van der Waals surface area (Å²) >= 11 is 0. The molecule has 0 saturated carbocycles. The molecule has 2 amide bonds. The Labute approximate surface area is 126 Å². The van der Waals surface area contributed by atoms with Crippen LogP contribution in [0.1, 0.15) is 42.1 Å². The van der Waals surface area contributed by atoms with Gasteiger partial charge < -0.3 is 15.0 Å². The number of esters is 1. The first-order valence-electron chi connectivity index (χ1n) is 7.24. The molecule has 5 heteroatoms. The van der Waals surface area contributed by atoms with Gasteiger partial charge in [-0.25, -0.2) is 9.59 Å². The minimum Gasteiger partial charge on any atom is -0.465 e. The number of hydrogen-bond donors (Lipinski definition) is 1. The molecule has 0 spiro atoms. The quantitative estimate of drug-likeness (QED) is 0.621. The molecule has 1 N–H and O–H groups in total. The van der Waals surface area contributed by atoms with Gasteiger partial charge in [-0.1, -0.05) is 31.9 Å². The van der Waals surface area contributed by atoms with E-state index >= 15 is 0 Å². The first kappa shape index (κ1) is 17.0. The van der Waals surface area contributed by atoms with Crippen molar-refractivity contribution in [3.63, 3.8) is 0 Å². The molecule has 0 aromatic heterocycles. The summed E-state index contributed by atoms with van der Waals surface area (Å²) in [6.45, 7) is 3.34. The van der Waals surface area contributed by atoms with Gasteiger partial charge in [-0.2, -0.15) is 0 Å². The monoisotopic (exact) mass is 292 g/mol. The topological polar surface area (TPSA) is 58.6 Å². The van der Waals surface area contributed by atoms with Gasteiger partial charge in [0.1, 0.15) is 0 Å². The zero-order chi connectivity index (χ0) is 15.7. The van der Waals surface area contributed by atoms with Gasteiger partial charge in [-0.3, -0.25) is 0 Å². The number of amides is 2. The molecule has 1 aromatic carbocycles. The molecule has 116 valence electrons. The smallest absolute Gasteiger partial charge is 0.337 e. The van der Waals surface area contributed by atoms with E-state index in [9.17, 15) is 9.59 Å². The number of nitrogens with zero attached hydrogens (tertiary/aromatic N) is 1. The number of unbranched alkanes of at least 4 members (excludes halogenated alkanes) is 2. The van der Waals surface area contributed by atoms with E-state index in [1.165, 1.54) is 7.11 Å². The van der Waals surface area contributed by atoms with Crippen molar-refractivity contribution < 1.29 is 14.3 Å². The van der Waals surface area contributed by atoms with Gasteiger partial charge in [0.05, 0.1) is 12.7 Å². The summed E-state index contributed by atoms with van der Waals surface area (Å²) in [7, 11) is 3.11. The summed E-state index contributed by atoms with van der Waals surface area (Å²) in [4.78, 5) is 24.8. The number of nitrogens with one attached hydrogen (secondary N) is 1. The van der Waals surface area contributed by atoms with Crippen molar-refractivity contribution >= 4 is 12.0 Å². The van der Waals surface area contributed by atoms with Crippen LogP contribution in [0.25, 0.3) is 0 Å². The lowest BCUT2D eigenvalue weighted by atomic mass is 10.1. The molecule has 21 heavy (non-hydrogen) atoms. The zero-order valence-corrected chi connectivity index (χ0v) is 13.0. The predicted molar refractivity (Wildman–Crippen MR) is 82.2 cm³/mol. The summed E-state index contributed by atoms with van der Waals surface area (Å²) in [5.74, 6) is -0.358. The van der Waals surface area contributed by atoms with Crippen LogP contribution in [0.4, 0.5) is 4.79 Å². The lowest BCUT2D eigenvalue weighted by molar-refractivity contribution is 0.0600. The molecule has 0 fully saturated rings. The van der Waals surface area contributed by atoms with Crippen molar-refractivity contribution in [3.05, 3.63) is 35.4 Å². The molecule has 0 radical (unpaired) electrons. The second-order valence-electron chi connectivity index (χ2n) is 4.98. The van der Waals surface area contributed by atoms with Crippen LogP contribution in [0, 0.1) is 0 Å². The van der Waals surface area contributed by atoms with E-state index in [1.807, 2.05) is 12.1 Å². The Kier molecular flexibility index (Phi) is 7.29. The Hall–Kier alpha value is -2.04. The first-order valence-corrected chi connectivity index (χ1v) is 7.24. The second kappa shape index (κ2) is 9.00. The fourth-order valence-electron chi connectivity index (χ4n) is 1.92. The Morgan fingerprint density at radius 2 is 1.86 bits per heavy atom. The number of urea groups is 1. The highest BCUT2D eigenvalue weighted by molar-refractivity contribution is 5.89. The van der Waals surface area contributed by atoms with Crippen LogP contribution < -0.4 is 5.32 Å². The SMILES string of the molecule is CCCCCNC(=O)N(C)Cc1ccc(C(=O)OC)cc1. The molecular formula is C16H24N2O3. The largest absolute Gasteiger partial charge is 0.465 e.